The number of ether oxygens (including phenoxy) is 2. The number of aromatic nitrogens is 2. The Morgan fingerprint density at radius 3 is 2.63 bits per heavy atom. The topological polar surface area (TPSA) is 85.7 Å². The minimum atomic E-state index is -3.09. The summed E-state index contributed by atoms with van der Waals surface area (Å²) in [6.07, 6.45) is 0.494. The number of hydrogen-bond donors (Lipinski definition) is 1. The maximum atomic E-state index is 14.1. The number of fused-ring (bicyclic) bond motifs is 3. The number of amides is 2. The Balaban J connectivity index is 1.44. The summed E-state index contributed by atoms with van der Waals surface area (Å²) in [5.74, 6) is -0.913. The van der Waals surface area contributed by atoms with Crippen molar-refractivity contribution in [1.82, 2.24) is 14.5 Å². The first-order valence-electron chi connectivity index (χ1n) is 12.1. The lowest BCUT2D eigenvalue weighted by atomic mass is 9.97. The number of halogens is 4. The van der Waals surface area contributed by atoms with Crippen LogP contribution in [0.15, 0.2) is 30.3 Å². The molecular weight excluding hydrogens is 525 g/mol. The molecule has 0 bridgehead atoms. The summed E-state index contributed by atoms with van der Waals surface area (Å²) in [7, 11) is 0. The molecule has 202 valence electrons. The van der Waals surface area contributed by atoms with Crippen LogP contribution in [0.2, 0.25) is 5.02 Å². The van der Waals surface area contributed by atoms with Gasteiger partial charge in [0.25, 0.3) is 0 Å². The zero-order valence-electron chi connectivity index (χ0n) is 20.9. The maximum Gasteiger partial charge on any atom is 0.410 e. The first-order chi connectivity index (χ1) is 17.9. The largest absolute Gasteiger partial charge is 0.444 e. The molecule has 1 fully saturated rings. The third kappa shape index (κ3) is 4.99. The average molecular weight is 551 g/mol. The molecule has 2 amide bonds. The summed E-state index contributed by atoms with van der Waals surface area (Å²) in [5.41, 5.74) is 0.934. The van der Waals surface area contributed by atoms with Crippen molar-refractivity contribution < 1.29 is 32.2 Å². The van der Waals surface area contributed by atoms with Crippen LogP contribution in [0.5, 0.6) is 5.75 Å². The van der Waals surface area contributed by atoms with Gasteiger partial charge in [-0.15, -0.1) is 0 Å². The molecule has 0 radical (unpaired) electrons. The molecule has 0 unspecified atom stereocenters. The average Bonchev–Trinajstić information content (AvgIpc) is 3.31. The van der Waals surface area contributed by atoms with Gasteiger partial charge in [0.05, 0.1) is 28.0 Å². The van der Waals surface area contributed by atoms with Crippen LogP contribution in [0.4, 0.5) is 23.7 Å². The molecule has 12 heteroatoms. The molecule has 5 rings (SSSR count). The number of aryl methyl sites for hydroxylation is 1. The van der Waals surface area contributed by atoms with Crippen LogP contribution in [0, 0.1) is 11.7 Å². The van der Waals surface area contributed by atoms with Crippen molar-refractivity contribution in [2.75, 3.05) is 18.4 Å². The van der Waals surface area contributed by atoms with Crippen LogP contribution in [-0.4, -0.2) is 51.8 Å². The van der Waals surface area contributed by atoms with E-state index in [2.05, 4.69) is 10.3 Å². The van der Waals surface area contributed by atoms with Crippen molar-refractivity contribution in [3.8, 4) is 5.75 Å². The number of nitrogens with zero attached hydrogens (tertiary/aromatic N) is 3. The number of likely N-dealkylation sites (tertiary alicyclic amines) is 1. The van der Waals surface area contributed by atoms with Gasteiger partial charge in [0.2, 0.25) is 5.91 Å². The fourth-order valence-corrected chi connectivity index (χ4v) is 5.04. The van der Waals surface area contributed by atoms with Gasteiger partial charge in [-0.1, -0.05) is 17.7 Å². The predicted octanol–water partition coefficient (Wildman–Crippen LogP) is 5.77. The highest BCUT2D eigenvalue weighted by atomic mass is 35.5. The number of benzene rings is 2. The molecule has 0 saturated carbocycles. The van der Waals surface area contributed by atoms with Crippen molar-refractivity contribution in [2.24, 2.45) is 5.92 Å². The Morgan fingerprint density at radius 1 is 1.21 bits per heavy atom. The molecule has 1 saturated heterocycles. The molecule has 8 nitrogen and oxygen atoms in total. The first kappa shape index (κ1) is 26.1. The van der Waals surface area contributed by atoms with Gasteiger partial charge in [0.1, 0.15) is 23.0 Å². The van der Waals surface area contributed by atoms with Crippen molar-refractivity contribution in [1.29, 1.82) is 0 Å². The Hall–Kier alpha value is -3.47. The molecule has 3 heterocycles. The Bertz CT molecular complexity index is 1420. The summed E-state index contributed by atoms with van der Waals surface area (Å²) in [4.78, 5) is 31.2. The Morgan fingerprint density at radius 2 is 1.95 bits per heavy atom. The van der Waals surface area contributed by atoms with Crippen LogP contribution < -0.4 is 10.1 Å². The van der Waals surface area contributed by atoms with E-state index < -0.39 is 36.1 Å². The molecule has 2 aromatic carbocycles. The van der Waals surface area contributed by atoms with E-state index in [-0.39, 0.29) is 29.8 Å². The van der Waals surface area contributed by atoms with Crippen molar-refractivity contribution in [2.45, 2.75) is 51.9 Å². The summed E-state index contributed by atoms with van der Waals surface area (Å²) in [6, 6.07) is 6.70. The van der Waals surface area contributed by atoms with E-state index in [9.17, 15) is 22.8 Å². The Kier molecular flexibility index (Phi) is 6.66. The number of hydrogen-bond acceptors (Lipinski definition) is 5. The fraction of sp³-hybridized carbons (Fsp3) is 0.423. The minimum Gasteiger partial charge on any atom is -0.444 e. The summed E-state index contributed by atoms with van der Waals surface area (Å²) in [6.45, 7) is 2.53. The smallest absolute Gasteiger partial charge is 0.410 e. The van der Waals surface area contributed by atoms with Gasteiger partial charge < -0.3 is 24.3 Å². The number of rotatable bonds is 5. The van der Waals surface area contributed by atoms with E-state index >= 15 is 0 Å². The number of carbonyl (C=O) groups excluding carboxylic acids is 2. The number of alkyl halides is 2. The van der Waals surface area contributed by atoms with Gasteiger partial charge in [-0.05, 0) is 45.4 Å². The number of carbonyl (C=O) groups is 2. The van der Waals surface area contributed by atoms with Gasteiger partial charge in [-0.2, -0.15) is 8.78 Å². The molecule has 3 aromatic rings. The van der Waals surface area contributed by atoms with Crippen LogP contribution >= 0.6 is 11.6 Å². The third-order valence-electron chi connectivity index (χ3n) is 6.53. The fourth-order valence-electron chi connectivity index (χ4n) is 4.88. The summed E-state index contributed by atoms with van der Waals surface area (Å²) in [5, 5.41) is 2.75. The normalized spacial score (nSPS) is 17.5. The lowest BCUT2D eigenvalue weighted by Gasteiger charge is -2.38. The molecule has 38 heavy (non-hydrogen) atoms. The van der Waals surface area contributed by atoms with Gasteiger partial charge in [-0.3, -0.25) is 4.79 Å². The van der Waals surface area contributed by atoms with E-state index in [0.29, 0.717) is 41.0 Å². The third-order valence-corrected chi connectivity index (χ3v) is 6.82. The van der Waals surface area contributed by atoms with Gasteiger partial charge in [0.15, 0.2) is 0 Å². The zero-order chi connectivity index (χ0) is 27.4. The summed E-state index contributed by atoms with van der Waals surface area (Å²) < 4.78 is 52.8. The van der Waals surface area contributed by atoms with Crippen LogP contribution in [0.1, 0.15) is 44.6 Å². The van der Waals surface area contributed by atoms with E-state index in [1.165, 1.54) is 29.2 Å². The quantitative estimate of drug-likeness (QED) is 0.436. The molecule has 1 aromatic heterocycles. The lowest BCUT2D eigenvalue weighted by molar-refractivity contribution is -0.124. The van der Waals surface area contributed by atoms with Crippen LogP contribution in [0.25, 0.3) is 11.0 Å². The lowest BCUT2D eigenvalue weighted by Crippen LogP contribution is -2.55. The second-order valence-corrected chi connectivity index (χ2v) is 10.8. The van der Waals surface area contributed by atoms with Crippen molar-refractivity contribution in [3.05, 3.63) is 52.6 Å². The molecule has 0 spiro atoms. The van der Waals surface area contributed by atoms with E-state index in [0.717, 1.165) is 0 Å². The molecule has 1 atom stereocenters. The van der Waals surface area contributed by atoms with Gasteiger partial charge in [0, 0.05) is 36.8 Å². The van der Waals surface area contributed by atoms with Crippen molar-refractivity contribution >= 4 is 40.3 Å². The zero-order valence-corrected chi connectivity index (χ0v) is 21.7. The molecule has 1 N–H and O–H groups in total. The predicted molar refractivity (Wildman–Crippen MR) is 134 cm³/mol. The Labute approximate surface area is 221 Å². The number of imidazole rings is 1. The molecule has 2 aliphatic rings. The van der Waals surface area contributed by atoms with E-state index in [1.807, 2.05) is 4.57 Å². The standard InChI is InChI=1S/C26H26ClF3N4O4/c1-26(2,3)38-25(36)33-11-13(12-33)23(35)32-16-5-4-6-20(37-24(29)30)22(16)18-7-8-21-31-17-10-15(28)14(27)9-19(17)34(18)21/h4-6,9-10,13,18,24H,7-8,11-12H2,1-3H3,(H,32,35)/t18-/m1/s1. The second kappa shape index (κ2) is 9.68. The van der Waals surface area contributed by atoms with Crippen molar-refractivity contribution in [3.63, 3.8) is 0 Å². The summed E-state index contributed by atoms with van der Waals surface area (Å²) >= 11 is 6.03. The molecule has 2 aliphatic heterocycles. The first-order valence-corrected chi connectivity index (χ1v) is 12.5. The monoisotopic (exact) mass is 550 g/mol. The number of anilines is 1. The molecular formula is C26H26ClF3N4O4. The van der Waals surface area contributed by atoms with Gasteiger partial charge in [-0.25, -0.2) is 14.2 Å². The van der Waals surface area contributed by atoms with Crippen LogP contribution in [0.3, 0.4) is 0 Å². The SMILES string of the molecule is CC(C)(C)OC(=O)N1CC(C(=O)Nc2cccc(OC(F)F)c2[C@H]2CCc3nc4cc(F)c(Cl)cc4n32)C1. The van der Waals surface area contributed by atoms with E-state index in [4.69, 9.17) is 21.1 Å². The highest BCUT2D eigenvalue weighted by Crippen LogP contribution is 2.44. The molecule has 0 aliphatic carbocycles. The van der Waals surface area contributed by atoms with E-state index in [1.54, 1.807) is 26.8 Å². The highest BCUT2D eigenvalue weighted by Gasteiger charge is 2.39. The minimum absolute atomic E-state index is 0.0870. The number of nitrogens with one attached hydrogen (secondary N) is 1. The van der Waals surface area contributed by atoms with Gasteiger partial charge >= 0.3 is 12.7 Å². The van der Waals surface area contributed by atoms with Crippen LogP contribution in [-0.2, 0) is 16.0 Å². The highest BCUT2D eigenvalue weighted by molar-refractivity contribution is 6.31. The maximum absolute atomic E-state index is 14.1. The second-order valence-electron chi connectivity index (χ2n) is 10.4.